The number of hydrogen-bond acceptors (Lipinski definition) is 4. The van der Waals surface area contributed by atoms with E-state index in [1.807, 2.05) is 38.3 Å². The summed E-state index contributed by atoms with van der Waals surface area (Å²) < 4.78 is 5.14. The van der Waals surface area contributed by atoms with Crippen molar-refractivity contribution < 1.29 is 9.53 Å². The van der Waals surface area contributed by atoms with Gasteiger partial charge in [-0.3, -0.25) is 5.43 Å². The number of rotatable bonds is 4. The van der Waals surface area contributed by atoms with Crippen molar-refractivity contribution in [3.05, 3.63) is 22.4 Å². The standard InChI is InChI=1S/C12H20N2O2S/c1-5-9(10-7-6-8-17-10)13-14-11(15)16-12(2,3)4/h6-9,13H,5H2,1-4H3,(H,14,15). The normalized spacial score (nSPS) is 13.2. The molecule has 0 saturated carbocycles. The third kappa shape index (κ3) is 5.19. The Bertz CT molecular complexity index is 344. The monoisotopic (exact) mass is 256 g/mol. The Hall–Kier alpha value is -1.07. The van der Waals surface area contributed by atoms with Gasteiger partial charge in [0.05, 0.1) is 6.04 Å². The topological polar surface area (TPSA) is 50.4 Å². The van der Waals surface area contributed by atoms with E-state index in [-0.39, 0.29) is 6.04 Å². The number of nitrogens with one attached hydrogen (secondary N) is 2. The Morgan fingerprint density at radius 1 is 1.53 bits per heavy atom. The van der Waals surface area contributed by atoms with E-state index in [1.165, 1.54) is 4.88 Å². The molecule has 1 unspecified atom stereocenters. The maximum absolute atomic E-state index is 11.5. The molecular weight excluding hydrogens is 236 g/mol. The molecule has 4 nitrogen and oxygen atoms in total. The molecule has 0 saturated heterocycles. The SMILES string of the molecule is CCC(NNC(=O)OC(C)(C)C)c1cccs1. The van der Waals surface area contributed by atoms with Crippen molar-refractivity contribution in [3.8, 4) is 0 Å². The van der Waals surface area contributed by atoms with E-state index < -0.39 is 11.7 Å². The summed E-state index contributed by atoms with van der Waals surface area (Å²) in [7, 11) is 0. The van der Waals surface area contributed by atoms with Crippen LogP contribution in [0.1, 0.15) is 45.0 Å². The summed E-state index contributed by atoms with van der Waals surface area (Å²) >= 11 is 1.67. The van der Waals surface area contributed by atoms with Crippen molar-refractivity contribution in [2.45, 2.75) is 45.8 Å². The molecule has 0 radical (unpaired) electrons. The van der Waals surface area contributed by atoms with E-state index in [4.69, 9.17) is 4.74 Å². The molecule has 1 aromatic rings. The van der Waals surface area contributed by atoms with Crippen LogP contribution < -0.4 is 10.9 Å². The predicted molar refractivity (Wildman–Crippen MR) is 69.9 cm³/mol. The van der Waals surface area contributed by atoms with Gasteiger partial charge in [0.15, 0.2) is 0 Å². The molecule has 0 spiro atoms. The van der Waals surface area contributed by atoms with Crippen LogP contribution in [0.4, 0.5) is 4.79 Å². The van der Waals surface area contributed by atoms with Gasteiger partial charge in [-0.1, -0.05) is 13.0 Å². The summed E-state index contributed by atoms with van der Waals surface area (Å²) in [5, 5.41) is 2.02. The number of ether oxygens (including phenoxy) is 1. The zero-order valence-electron chi connectivity index (χ0n) is 10.7. The number of hydrazine groups is 1. The zero-order chi connectivity index (χ0) is 12.9. The van der Waals surface area contributed by atoms with Crippen molar-refractivity contribution in [3.63, 3.8) is 0 Å². The minimum Gasteiger partial charge on any atom is -0.443 e. The van der Waals surface area contributed by atoms with Gasteiger partial charge in [0.1, 0.15) is 5.60 Å². The predicted octanol–water partition coefficient (Wildman–Crippen LogP) is 3.23. The van der Waals surface area contributed by atoms with Crippen molar-refractivity contribution in [2.24, 2.45) is 0 Å². The third-order valence-corrected chi connectivity index (χ3v) is 3.03. The number of amides is 1. The molecule has 0 aromatic carbocycles. The van der Waals surface area contributed by atoms with Crippen LogP contribution in [-0.2, 0) is 4.74 Å². The molecule has 1 heterocycles. The fourth-order valence-electron chi connectivity index (χ4n) is 1.31. The van der Waals surface area contributed by atoms with Gasteiger partial charge >= 0.3 is 6.09 Å². The number of carbonyl (C=O) groups excluding carboxylic acids is 1. The van der Waals surface area contributed by atoms with E-state index in [1.54, 1.807) is 11.3 Å². The lowest BCUT2D eigenvalue weighted by Crippen LogP contribution is -2.42. The molecule has 0 aliphatic heterocycles. The molecule has 1 aromatic heterocycles. The Labute approximate surface area is 106 Å². The molecule has 1 amide bonds. The Morgan fingerprint density at radius 2 is 2.24 bits per heavy atom. The molecule has 0 aliphatic rings. The van der Waals surface area contributed by atoms with Crippen LogP contribution in [0.15, 0.2) is 17.5 Å². The van der Waals surface area contributed by atoms with Gasteiger partial charge in [0.2, 0.25) is 0 Å². The first-order valence-electron chi connectivity index (χ1n) is 5.70. The van der Waals surface area contributed by atoms with Crippen molar-refractivity contribution in [2.75, 3.05) is 0 Å². The van der Waals surface area contributed by atoms with E-state index >= 15 is 0 Å². The maximum atomic E-state index is 11.5. The van der Waals surface area contributed by atoms with E-state index in [9.17, 15) is 4.79 Å². The van der Waals surface area contributed by atoms with E-state index in [2.05, 4.69) is 17.8 Å². The van der Waals surface area contributed by atoms with E-state index in [0.717, 1.165) is 6.42 Å². The smallest absolute Gasteiger partial charge is 0.422 e. The van der Waals surface area contributed by atoms with Crippen LogP contribution in [0.2, 0.25) is 0 Å². The zero-order valence-corrected chi connectivity index (χ0v) is 11.6. The highest BCUT2D eigenvalue weighted by Gasteiger charge is 2.17. The fourth-order valence-corrected chi connectivity index (χ4v) is 2.17. The lowest BCUT2D eigenvalue weighted by molar-refractivity contribution is 0.0487. The van der Waals surface area contributed by atoms with E-state index in [0.29, 0.717) is 0 Å². The average Bonchev–Trinajstić information content (AvgIpc) is 2.69. The highest BCUT2D eigenvalue weighted by atomic mass is 32.1. The molecule has 5 heteroatoms. The minimum atomic E-state index is -0.476. The summed E-state index contributed by atoms with van der Waals surface area (Å²) in [6.07, 6.45) is 0.448. The first-order valence-corrected chi connectivity index (χ1v) is 6.58. The van der Waals surface area contributed by atoms with Gasteiger partial charge in [-0.05, 0) is 38.6 Å². The van der Waals surface area contributed by atoms with Crippen LogP contribution in [-0.4, -0.2) is 11.7 Å². The first-order chi connectivity index (χ1) is 7.92. The van der Waals surface area contributed by atoms with Crippen LogP contribution in [0.3, 0.4) is 0 Å². The Balaban J connectivity index is 2.41. The molecule has 2 N–H and O–H groups in total. The second-order valence-corrected chi connectivity index (χ2v) is 5.73. The molecule has 1 atom stereocenters. The van der Waals surface area contributed by atoms with Crippen LogP contribution in [0, 0.1) is 0 Å². The van der Waals surface area contributed by atoms with Crippen molar-refractivity contribution in [1.82, 2.24) is 10.9 Å². The molecule has 96 valence electrons. The third-order valence-electron chi connectivity index (χ3n) is 2.04. The largest absolute Gasteiger partial charge is 0.443 e. The fraction of sp³-hybridized carbons (Fsp3) is 0.583. The van der Waals surface area contributed by atoms with Crippen LogP contribution in [0.25, 0.3) is 0 Å². The first kappa shape index (κ1) is 14.0. The summed E-state index contributed by atoms with van der Waals surface area (Å²) in [6, 6.07) is 4.17. The molecule has 0 fully saturated rings. The van der Waals surface area contributed by atoms with Gasteiger partial charge < -0.3 is 4.74 Å². The van der Waals surface area contributed by atoms with Crippen LogP contribution >= 0.6 is 11.3 Å². The number of hydrogen-bond donors (Lipinski definition) is 2. The van der Waals surface area contributed by atoms with Gasteiger partial charge in [0.25, 0.3) is 0 Å². The lowest BCUT2D eigenvalue weighted by atomic mass is 10.2. The lowest BCUT2D eigenvalue weighted by Gasteiger charge is -2.21. The Morgan fingerprint density at radius 3 is 2.71 bits per heavy atom. The van der Waals surface area contributed by atoms with Gasteiger partial charge in [-0.2, -0.15) is 0 Å². The molecular formula is C12H20N2O2S. The van der Waals surface area contributed by atoms with Gasteiger partial charge in [-0.15, -0.1) is 11.3 Å². The van der Waals surface area contributed by atoms with Crippen molar-refractivity contribution >= 4 is 17.4 Å². The van der Waals surface area contributed by atoms with Gasteiger partial charge in [0, 0.05) is 4.88 Å². The van der Waals surface area contributed by atoms with Crippen LogP contribution in [0.5, 0.6) is 0 Å². The quantitative estimate of drug-likeness (QED) is 0.813. The van der Waals surface area contributed by atoms with Gasteiger partial charge in [-0.25, -0.2) is 10.2 Å². The molecule has 17 heavy (non-hydrogen) atoms. The summed E-state index contributed by atoms with van der Waals surface area (Å²) in [5.41, 5.74) is 5.08. The Kier molecular flexibility index (Phi) is 4.96. The average molecular weight is 256 g/mol. The minimum absolute atomic E-state index is 0.127. The molecule has 1 rings (SSSR count). The second-order valence-electron chi connectivity index (χ2n) is 4.75. The molecule has 0 bridgehead atoms. The number of thiophene rings is 1. The maximum Gasteiger partial charge on any atom is 0.422 e. The summed E-state index contributed by atoms with van der Waals surface area (Å²) in [6.45, 7) is 7.57. The highest BCUT2D eigenvalue weighted by molar-refractivity contribution is 7.10. The highest BCUT2D eigenvalue weighted by Crippen LogP contribution is 2.20. The van der Waals surface area contributed by atoms with Crippen molar-refractivity contribution in [1.29, 1.82) is 0 Å². The molecule has 0 aliphatic carbocycles. The summed E-state index contributed by atoms with van der Waals surface area (Å²) in [4.78, 5) is 12.7. The second kappa shape index (κ2) is 6.02. The summed E-state index contributed by atoms with van der Waals surface area (Å²) in [5.74, 6) is 0. The number of carbonyl (C=O) groups is 1.